The van der Waals surface area contributed by atoms with Gasteiger partial charge < -0.3 is 5.32 Å². The second-order valence-electron chi connectivity index (χ2n) is 3.54. The first-order valence-electron chi connectivity index (χ1n) is 4.88. The van der Waals surface area contributed by atoms with Crippen molar-refractivity contribution in [1.82, 2.24) is 4.90 Å². The zero-order valence-corrected chi connectivity index (χ0v) is 8.09. The summed E-state index contributed by atoms with van der Waals surface area (Å²) in [5.41, 5.74) is 2.67. The SMILES string of the molecule is CNc1ccccc1CN1CCC1. The highest BCUT2D eigenvalue weighted by Gasteiger charge is 2.14. The van der Waals surface area contributed by atoms with Crippen LogP contribution in [0.25, 0.3) is 0 Å². The van der Waals surface area contributed by atoms with Gasteiger partial charge >= 0.3 is 0 Å². The fraction of sp³-hybridized carbons (Fsp3) is 0.455. The van der Waals surface area contributed by atoms with Crippen LogP contribution in [-0.4, -0.2) is 25.0 Å². The number of nitrogens with zero attached hydrogens (tertiary/aromatic N) is 1. The smallest absolute Gasteiger partial charge is 0.0383 e. The van der Waals surface area contributed by atoms with Gasteiger partial charge in [0.15, 0.2) is 0 Å². The number of rotatable bonds is 3. The summed E-state index contributed by atoms with van der Waals surface area (Å²) in [4.78, 5) is 2.47. The van der Waals surface area contributed by atoms with Crippen LogP contribution in [0.15, 0.2) is 24.3 Å². The van der Waals surface area contributed by atoms with E-state index in [-0.39, 0.29) is 0 Å². The molecule has 1 saturated heterocycles. The number of anilines is 1. The highest BCUT2D eigenvalue weighted by atomic mass is 15.2. The van der Waals surface area contributed by atoms with Gasteiger partial charge in [0, 0.05) is 19.3 Å². The zero-order valence-electron chi connectivity index (χ0n) is 8.09. The zero-order chi connectivity index (χ0) is 9.10. The molecule has 1 heterocycles. The molecule has 0 unspecified atom stereocenters. The van der Waals surface area contributed by atoms with E-state index >= 15 is 0 Å². The van der Waals surface area contributed by atoms with Crippen molar-refractivity contribution in [2.24, 2.45) is 0 Å². The summed E-state index contributed by atoms with van der Waals surface area (Å²) < 4.78 is 0. The maximum atomic E-state index is 3.22. The Hall–Kier alpha value is -1.02. The van der Waals surface area contributed by atoms with Crippen LogP contribution in [0, 0.1) is 0 Å². The molecule has 1 aliphatic heterocycles. The van der Waals surface area contributed by atoms with Crippen LogP contribution in [0.4, 0.5) is 5.69 Å². The Morgan fingerprint density at radius 2 is 2.08 bits per heavy atom. The van der Waals surface area contributed by atoms with E-state index in [0.29, 0.717) is 0 Å². The lowest BCUT2D eigenvalue weighted by Gasteiger charge is -2.31. The average Bonchev–Trinajstić information content (AvgIpc) is 2.12. The van der Waals surface area contributed by atoms with Gasteiger partial charge in [0.2, 0.25) is 0 Å². The molecule has 2 heteroatoms. The van der Waals surface area contributed by atoms with Crippen molar-refractivity contribution >= 4 is 5.69 Å². The maximum Gasteiger partial charge on any atom is 0.0383 e. The number of likely N-dealkylation sites (tertiary alicyclic amines) is 1. The molecule has 0 atom stereocenters. The lowest BCUT2D eigenvalue weighted by Crippen LogP contribution is -2.36. The molecule has 0 amide bonds. The molecule has 1 aromatic carbocycles. The predicted octanol–water partition coefficient (Wildman–Crippen LogP) is 1.93. The van der Waals surface area contributed by atoms with Gasteiger partial charge in [0.05, 0.1) is 0 Å². The molecule has 2 rings (SSSR count). The van der Waals surface area contributed by atoms with Gasteiger partial charge in [0.25, 0.3) is 0 Å². The maximum absolute atomic E-state index is 3.22. The number of nitrogens with one attached hydrogen (secondary N) is 1. The van der Waals surface area contributed by atoms with Crippen molar-refractivity contribution in [3.63, 3.8) is 0 Å². The first-order valence-corrected chi connectivity index (χ1v) is 4.88. The van der Waals surface area contributed by atoms with Crippen LogP contribution in [0.1, 0.15) is 12.0 Å². The summed E-state index contributed by atoms with van der Waals surface area (Å²) in [5.74, 6) is 0. The minimum atomic E-state index is 1.09. The molecule has 0 radical (unpaired) electrons. The summed E-state index contributed by atoms with van der Waals surface area (Å²) in [5, 5.41) is 3.22. The Morgan fingerprint density at radius 1 is 1.31 bits per heavy atom. The normalized spacial score (nSPS) is 16.7. The molecule has 0 aromatic heterocycles. The molecule has 70 valence electrons. The third-order valence-corrected chi connectivity index (χ3v) is 2.63. The van der Waals surface area contributed by atoms with Gasteiger partial charge in [0.1, 0.15) is 0 Å². The lowest BCUT2D eigenvalue weighted by atomic mass is 10.1. The number of benzene rings is 1. The first-order chi connectivity index (χ1) is 6.40. The first kappa shape index (κ1) is 8.57. The lowest BCUT2D eigenvalue weighted by molar-refractivity contribution is 0.173. The number of hydrogen-bond acceptors (Lipinski definition) is 2. The molecule has 0 bridgehead atoms. The molecule has 0 aliphatic carbocycles. The summed E-state index contributed by atoms with van der Waals surface area (Å²) in [6.45, 7) is 3.62. The molecule has 1 N–H and O–H groups in total. The third kappa shape index (κ3) is 1.83. The van der Waals surface area contributed by atoms with Crippen molar-refractivity contribution in [2.75, 3.05) is 25.5 Å². The van der Waals surface area contributed by atoms with E-state index < -0.39 is 0 Å². The molecule has 2 nitrogen and oxygen atoms in total. The van der Waals surface area contributed by atoms with Gasteiger partial charge in [-0.2, -0.15) is 0 Å². The highest BCUT2D eigenvalue weighted by molar-refractivity contribution is 5.50. The van der Waals surface area contributed by atoms with Gasteiger partial charge in [-0.1, -0.05) is 18.2 Å². The van der Waals surface area contributed by atoms with Gasteiger partial charge in [-0.15, -0.1) is 0 Å². The third-order valence-electron chi connectivity index (χ3n) is 2.63. The van der Waals surface area contributed by atoms with Crippen LogP contribution in [0.2, 0.25) is 0 Å². The summed E-state index contributed by atoms with van der Waals surface area (Å²) >= 11 is 0. The Morgan fingerprint density at radius 3 is 2.69 bits per heavy atom. The van der Waals surface area contributed by atoms with E-state index in [0.717, 1.165) is 6.54 Å². The Balaban J connectivity index is 2.08. The van der Waals surface area contributed by atoms with Crippen LogP contribution >= 0.6 is 0 Å². The topological polar surface area (TPSA) is 15.3 Å². The second-order valence-corrected chi connectivity index (χ2v) is 3.54. The molecule has 13 heavy (non-hydrogen) atoms. The van der Waals surface area contributed by atoms with E-state index in [9.17, 15) is 0 Å². The minimum Gasteiger partial charge on any atom is -0.388 e. The number of para-hydroxylation sites is 1. The Kier molecular flexibility index (Phi) is 2.50. The molecular formula is C11H16N2. The van der Waals surface area contributed by atoms with Gasteiger partial charge in [-0.25, -0.2) is 0 Å². The average molecular weight is 176 g/mol. The summed E-state index contributed by atoms with van der Waals surface area (Å²) in [6, 6.07) is 8.51. The molecule has 1 aromatic rings. The van der Waals surface area contributed by atoms with Crippen molar-refractivity contribution in [1.29, 1.82) is 0 Å². The van der Waals surface area contributed by atoms with Crippen molar-refractivity contribution in [2.45, 2.75) is 13.0 Å². The quantitative estimate of drug-likeness (QED) is 0.757. The van der Waals surface area contributed by atoms with Crippen molar-refractivity contribution in [3.8, 4) is 0 Å². The Labute approximate surface area is 79.6 Å². The second kappa shape index (κ2) is 3.79. The van der Waals surface area contributed by atoms with Gasteiger partial charge in [-0.05, 0) is 31.1 Å². The van der Waals surface area contributed by atoms with E-state index in [1.807, 2.05) is 7.05 Å². The Bertz CT molecular complexity index is 279. The van der Waals surface area contributed by atoms with Crippen LogP contribution in [-0.2, 0) is 6.54 Å². The molecule has 1 aliphatic rings. The van der Waals surface area contributed by atoms with E-state index in [2.05, 4.69) is 34.5 Å². The van der Waals surface area contributed by atoms with E-state index in [1.165, 1.54) is 30.8 Å². The van der Waals surface area contributed by atoms with Crippen molar-refractivity contribution < 1.29 is 0 Å². The van der Waals surface area contributed by atoms with Crippen LogP contribution < -0.4 is 5.32 Å². The van der Waals surface area contributed by atoms with Gasteiger partial charge in [-0.3, -0.25) is 4.90 Å². The molecule has 1 fully saturated rings. The molecule has 0 saturated carbocycles. The highest BCUT2D eigenvalue weighted by Crippen LogP contribution is 2.19. The van der Waals surface area contributed by atoms with Crippen molar-refractivity contribution in [3.05, 3.63) is 29.8 Å². The van der Waals surface area contributed by atoms with E-state index in [1.54, 1.807) is 0 Å². The van der Waals surface area contributed by atoms with E-state index in [4.69, 9.17) is 0 Å². The molecular weight excluding hydrogens is 160 g/mol. The molecule has 0 spiro atoms. The fourth-order valence-electron chi connectivity index (χ4n) is 1.68. The standard InChI is InChI=1S/C11H16N2/c1-12-11-6-3-2-5-10(11)9-13-7-4-8-13/h2-3,5-6,12H,4,7-9H2,1H3. The minimum absolute atomic E-state index is 1.09. The fourth-order valence-corrected chi connectivity index (χ4v) is 1.68. The van der Waals surface area contributed by atoms with Crippen LogP contribution in [0.5, 0.6) is 0 Å². The monoisotopic (exact) mass is 176 g/mol. The largest absolute Gasteiger partial charge is 0.388 e. The number of hydrogen-bond donors (Lipinski definition) is 1. The summed E-state index contributed by atoms with van der Waals surface area (Å²) in [7, 11) is 1.98. The summed E-state index contributed by atoms with van der Waals surface area (Å²) in [6.07, 6.45) is 1.36. The van der Waals surface area contributed by atoms with Crippen LogP contribution in [0.3, 0.4) is 0 Å². The predicted molar refractivity (Wildman–Crippen MR) is 55.9 cm³/mol.